The van der Waals surface area contributed by atoms with Crippen LogP contribution in [0.3, 0.4) is 0 Å². The van der Waals surface area contributed by atoms with Gasteiger partial charge in [-0.15, -0.1) is 0 Å². The maximum Gasteiger partial charge on any atom is 0.335 e. The zero-order valence-electron chi connectivity index (χ0n) is 10.5. The molecule has 1 amide bonds. The van der Waals surface area contributed by atoms with E-state index in [0.29, 0.717) is 0 Å². The molecule has 0 unspecified atom stereocenters. The van der Waals surface area contributed by atoms with Crippen LogP contribution in [0.4, 0.5) is 4.39 Å². The molecule has 1 aliphatic rings. The predicted molar refractivity (Wildman–Crippen MR) is 71.8 cm³/mol. The normalized spacial score (nSPS) is 17.9. The second-order valence-corrected chi connectivity index (χ2v) is 5.61. The first-order valence-corrected chi connectivity index (χ1v) is 6.83. The highest BCUT2D eigenvalue weighted by Gasteiger charge is 2.40. The van der Waals surface area contributed by atoms with Gasteiger partial charge in [0.1, 0.15) is 5.82 Å². The highest BCUT2D eigenvalue weighted by Crippen LogP contribution is 2.24. The summed E-state index contributed by atoms with van der Waals surface area (Å²) < 4.78 is 13.7. The maximum atomic E-state index is 13.4. The Morgan fingerprint density at radius 3 is 2.40 bits per heavy atom. The van der Waals surface area contributed by atoms with Gasteiger partial charge in [0, 0.05) is 31.5 Å². The van der Waals surface area contributed by atoms with Gasteiger partial charge in [0.2, 0.25) is 0 Å². The van der Waals surface area contributed by atoms with Gasteiger partial charge >= 0.3 is 5.97 Å². The fourth-order valence-electron chi connectivity index (χ4n) is 2.11. The number of piperidine rings is 1. The summed E-state index contributed by atoms with van der Waals surface area (Å²) in [5.74, 6) is -2.18. The first-order valence-electron chi connectivity index (χ1n) is 6.03. The molecular weight excluding hydrogens is 333 g/mol. The Morgan fingerprint density at radius 2 is 1.90 bits per heavy atom. The Labute approximate surface area is 123 Å². The van der Waals surface area contributed by atoms with Crippen molar-refractivity contribution in [2.75, 3.05) is 13.1 Å². The van der Waals surface area contributed by atoms with E-state index < -0.39 is 17.4 Å². The lowest BCUT2D eigenvalue weighted by Gasteiger charge is -2.35. The van der Waals surface area contributed by atoms with Crippen LogP contribution in [0, 0.1) is 5.82 Å². The van der Waals surface area contributed by atoms with E-state index in [1.54, 1.807) is 0 Å². The quantitative estimate of drug-likeness (QED) is 0.854. The van der Waals surface area contributed by atoms with E-state index in [1.165, 1.54) is 17.0 Å². The number of rotatable bonds is 2. The molecule has 0 aromatic heterocycles. The molecule has 1 fully saturated rings. The SMILES string of the molecule is O=C(c1ccc(Br)c(F)c1)N1CCC(O)(C(=O)O)CC1. The van der Waals surface area contributed by atoms with E-state index in [9.17, 15) is 19.1 Å². The standard InChI is InChI=1S/C13H13BrFNO4/c14-9-2-1-8(7-10(9)15)11(17)16-5-3-13(20,4-6-16)12(18)19/h1-2,7,20H,3-6H2,(H,18,19). The smallest absolute Gasteiger partial charge is 0.335 e. The lowest BCUT2D eigenvalue weighted by molar-refractivity contribution is -0.162. The minimum Gasteiger partial charge on any atom is -0.479 e. The summed E-state index contributed by atoms with van der Waals surface area (Å²) in [6.45, 7) is 0.249. The number of hydrogen-bond donors (Lipinski definition) is 2. The van der Waals surface area contributed by atoms with Gasteiger partial charge in [-0.25, -0.2) is 9.18 Å². The molecule has 0 atom stereocenters. The van der Waals surface area contributed by atoms with E-state index in [4.69, 9.17) is 5.11 Å². The number of carboxylic acid groups (broad SMARTS) is 1. The number of carbonyl (C=O) groups excluding carboxylic acids is 1. The summed E-state index contributed by atoms with van der Waals surface area (Å²) >= 11 is 3.01. The van der Waals surface area contributed by atoms with Gasteiger partial charge in [0.05, 0.1) is 4.47 Å². The first-order chi connectivity index (χ1) is 9.33. The van der Waals surface area contributed by atoms with Crippen molar-refractivity contribution in [2.45, 2.75) is 18.4 Å². The van der Waals surface area contributed by atoms with Crippen LogP contribution < -0.4 is 0 Å². The second kappa shape index (κ2) is 5.49. The summed E-state index contributed by atoms with van der Waals surface area (Å²) in [5, 5.41) is 18.7. The Kier molecular flexibility index (Phi) is 4.10. The molecule has 5 nitrogen and oxygen atoms in total. The van der Waals surface area contributed by atoms with Crippen LogP contribution in [0.2, 0.25) is 0 Å². The van der Waals surface area contributed by atoms with Gasteiger partial charge in [-0.2, -0.15) is 0 Å². The van der Waals surface area contributed by atoms with Crippen LogP contribution in [0.1, 0.15) is 23.2 Å². The Balaban J connectivity index is 2.08. The van der Waals surface area contributed by atoms with Crippen LogP contribution in [-0.4, -0.2) is 45.7 Å². The molecule has 1 aromatic carbocycles. The number of nitrogens with zero attached hydrogens (tertiary/aromatic N) is 1. The number of carboxylic acids is 1. The largest absolute Gasteiger partial charge is 0.479 e. The van der Waals surface area contributed by atoms with Gasteiger partial charge < -0.3 is 15.1 Å². The zero-order chi connectivity index (χ0) is 14.9. The third kappa shape index (κ3) is 2.83. The fourth-order valence-corrected chi connectivity index (χ4v) is 2.35. The minimum atomic E-state index is -1.78. The Bertz CT molecular complexity index is 555. The van der Waals surface area contributed by atoms with Crippen LogP contribution in [-0.2, 0) is 4.79 Å². The van der Waals surface area contributed by atoms with Crippen molar-refractivity contribution in [2.24, 2.45) is 0 Å². The van der Waals surface area contributed by atoms with E-state index in [0.717, 1.165) is 6.07 Å². The lowest BCUT2D eigenvalue weighted by Crippen LogP contribution is -2.50. The zero-order valence-corrected chi connectivity index (χ0v) is 12.1. The number of benzene rings is 1. The number of halogens is 2. The highest BCUT2D eigenvalue weighted by molar-refractivity contribution is 9.10. The minimum absolute atomic E-state index is 0.0346. The van der Waals surface area contributed by atoms with Gasteiger partial charge in [0.25, 0.3) is 5.91 Å². The molecule has 1 saturated heterocycles. The van der Waals surface area contributed by atoms with Gasteiger partial charge in [-0.05, 0) is 34.1 Å². The molecule has 2 rings (SSSR count). The number of hydrogen-bond acceptors (Lipinski definition) is 3. The molecule has 0 spiro atoms. The number of aliphatic hydroxyl groups is 1. The molecule has 0 radical (unpaired) electrons. The van der Waals surface area contributed by atoms with Crippen molar-refractivity contribution in [1.82, 2.24) is 4.90 Å². The van der Waals surface area contributed by atoms with Crippen LogP contribution in [0.15, 0.2) is 22.7 Å². The summed E-state index contributed by atoms with van der Waals surface area (Å²) in [4.78, 5) is 24.5. The summed E-state index contributed by atoms with van der Waals surface area (Å²) in [5.41, 5.74) is -1.58. The molecule has 0 bridgehead atoms. The molecule has 1 aromatic rings. The summed E-state index contributed by atoms with van der Waals surface area (Å²) in [6, 6.07) is 4.07. The van der Waals surface area contributed by atoms with E-state index in [1.807, 2.05) is 0 Å². The van der Waals surface area contributed by atoms with Gasteiger partial charge in [-0.1, -0.05) is 0 Å². The topological polar surface area (TPSA) is 77.8 Å². The van der Waals surface area contributed by atoms with E-state index in [2.05, 4.69) is 15.9 Å². The molecule has 1 aliphatic heterocycles. The Morgan fingerprint density at radius 1 is 1.30 bits per heavy atom. The molecule has 1 heterocycles. The highest BCUT2D eigenvalue weighted by atomic mass is 79.9. The average molecular weight is 346 g/mol. The fraction of sp³-hybridized carbons (Fsp3) is 0.385. The van der Waals surface area contributed by atoms with Crippen molar-refractivity contribution in [3.05, 3.63) is 34.1 Å². The molecule has 0 aliphatic carbocycles. The summed E-state index contributed by atoms with van der Waals surface area (Å²) in [7, 11) is 0. The maximum absolute atomic E-state index is 13.4. The molecule has 20 heavy (non-hydrogen) atoms. The van der Waals surface area contributed by atoms with E-state index in [-0.39, 0.29) is 41.9 Å². The number of amides is 1. The molecular formula is C13H13BrFNO4. The molecule has 2 N–H and O–H groups in total. The second-order valence-electron chi connectivity index (χ2n) is 4.76. The predicted octanol–water partition coefficient (Wildman–Crippen LogP) is 1.64. The number of likely N-dealkylation sites (tertiary alicyclic amines) is 1. The van der Waals surface area contributed by atoms with Gasteiger partial charge in [0.15, 0.2) is 5.60 Å². The van der Waals surface area contributed by atoms with Crippen molar-refractivity contribution in [3.8, 4) is 0 Å². The van der Waals surface area contributed by atoms with Crippen LogP contribution in [0.25, 0.3) is 0 Å². The van der Waals surface area contributed by atoms with Gasteiger partial charge in [-0.3, -0.25) is 4.79 Å². The molecule has 0 saturated carbocycles. The van der Waals surface area contributed by atoms with Crippen molar-refractivity contribution >= 4 is 27.8 Å². The molecule has 7 heteroatoms. The number of aliphatic carboxylic acids is 1. The van der Waals surface area contributed by atoms with Crippen molar-refractivity contribution in [1.29, 1.82) is 0 Å². The van der Waals surface area contributed by atoms with Crippen LogP contribution >= 0.6 is 15.9 Å². The van der Waals surface area contributed by atoms with Crippen LogP contribution in [0.5, 0.6) is 0 Å². The number of carbonyl (C=O) groups is 2. The van der Waals surface area contributed by atoms with Crippen molar-refractivity contribution in [3.63, 3.8) is 0 Å². The Hall–Kier alpha value is -1.47. The summed E-state index contributed by atoms with van der Waals surface area (Å²) in [6.07, 6.45) is -0.0693. The third-order valence-corrected chi connectivity index (χ3v) is 4.09. The van der Waals surface area contributed by atoms with Crippen molar-refractivity contribution < 1.29 is 24.2 Å². The monoisotopic (exact) mass is 345 g/mol. The average Bonchev–Trinajstić information content (AvgIpc) is 2.42. The third-order valence-electron chi connectivity index (χ3n) is 3.44. The molecule has 108 valence electrons. The van der Waals surface area contributed by atoms with E-state index >= 15 is 0 Å². The first kappa shape index (κ1) is 14.9. The lowest BCUT2D eigenvalue weighted by atomic mass is 9.91.